The lowest BCUT2D eigenvalue weighted by atomic mass is 9.89. The number of hydrogen-bond donors (Lipinski definition) is 2. The highest BCUT2D eigenvalue weighted by atomic mass is 127. The fourth-order valence-corrected chi connectivity index (χ4v) is 3.53. The van der Waals surface area contributed by atoms with Gasteiger partial charge in [0.2, 0.25) is 0 Å². The molecule has 4 nitrogen and oxygen atoms in total. The maximum atomic E-state index is 6.15. The summed E-state index contributed by atoms with van der Waals surface area (Å²) in [5, 5.41) is 3.23. The minimum absolute atomic E-state index is 0. The van der Waals surface area contributed by atoms with E-state index in [9.17, 15) is 0 Å². The van der Waals surface area contributed by atoms with Gasteiger partial charge in [0.05, 0.1) is 6.10 Å². The maximum Gasteiger partial charge on any atom is 0.193 e. The third-order valence-electron chi connectivity index (χ3n) is 5.17. The molecule has 1 saturated heterocycles. The molecule has 0 amide bonds. The summed E-state index contributed by atoms with van der Waals surface area (Å²) in [6, 6.07) is 17.0. The van der Waals surface area contributed by atoms with Gasteiger partial charge in [-0.1, -0.05) is 55.8 Å². The van der Waals surface area contributed by atoms with Crippen molar-refractivity contribution in [1.29, 1.82) is 0 Å². The molecular weight excluding hydrogens is 461 g/mol. The molecular formula is C23H32IN3O. The lowest BCUT2D eigenvalue weighted by Gasteiger charge is -2.31. The Labute approximate surface area is 186 Å². The normalized spacial score (nSPS) is 19.9. The van der Waals surface area contributed by atoms with Gasteiger partial charge in [0.25, 0.3) is 0 Å². The quantitative estimate of drug-likeness (QED) is 0.323. The van der Waals surface area contributed by atoms with Crippen LogP contribution in [0.4, 0.5) is 5.69 Å². The van der Waals surface area contributed by atoms with E-state index in [0.717, 1.165) is 25.1 Å². The number of benzene rings is 2. The third kappa shape index (κ3) is 6.21. The Bertz CT molecular complexity index is 774. The Hall–Kier alpha value is -1.60. The van der Waals surface area contributed by atoms with Crippen LogP contribution in [0.3, 0.4) is 0 Å². The van der Waals surface area contributed by atoms with Crippen molar-refractivity contribution >= 4 is 35.6 Å². The topological polar surface area (TPSA) is 59.6 Å². The van der Waals surface area contributed by atoms with Crippen molar-refractivity contribution in [2.75, 3.05) is 18.5 Å². The van der Waals surface area contributed by atoms with E-state index in [1.54, 1.807) is 0 Å². The molecule has 28 heavy (non-hydrogen) atoms. The molecule has 2 atom stereocenters. The van der Waals surface area contributed by atoms with Crippen LogP contribution in [0.1, 0.15) is 55.4 Å². The van der Waals surface area contributed by atoms with Crippen LogP contribution in [0, 0.1) is 12.8 Å². The zero-order valence-corrected chi connectivity index (χ0v) is 19.4. The van der Waals surface area contributed by atoms with E-state index in [2.05, 4.69) is 67.5 Å². The predicted molar refractivity (Wildman–Crippen MR) is 129 cm³/mol. The first kappa shape index (κ1) is 22.7. The van der Waals surface area contributed by atoms with Crippen LogP contribution < -0.4 is 11.1 Å². The second-order valence-electron chi connectivity index (χ2n) is 7.74. The molecule has 0 bridgehead atoms. The largest absolute Gasteiger partial charge is 0.373 e. The minimum Gasteiger partial charge on any atom is -0.373 e. The first-order chi connectivity index (χ1) is 13.0. The highest BCUT2D eigenvalue weighted by Crippen LogP contribution is 2.34. The molecule has 3 N–H and O–H groups in total. The van der Waals surface area contributed by atoms with E-state index < -0.39 is 0 Å². The first-order valence-corrected chi connectivity index (χ1v) is 9.88. The molecule has 2 aromatic rings. The van der Waals surface area contributed by atoms with Crippen molar-refractivity contribution in [3.63, 3.8) is 0 Å². The van der Waals surface area contributed by atoms with Gasteiger partial charge in [0, 0.05) is 24.8 Å². The highest BCUT2D eigenvalue weighted by Gasteiger charge is 2.27. The Balaban J connectivity index is 0.00000280. The Morgan fingerprint density at radius 3 is 2.68 bits per heavy atom. The Kier molecular flexibility index (Phi) is 8.76. The smallest absolute Gasteiger partial charge is 0.193 e. The van der Waals surface area contributed by atoms with Crippen molar-refractivity contribution in [3.8, 4) is 0 Å². The Morgan fingerprint density at radius 1 is 1.21 bits per heavy atom. The molecule has 2 aromatic carbocycles. The van der Waals surface area contributed by atoms with Gasteiger partial charge >= 0.3 is 0 Å². The van der Waals surface area contributed by atoms with Gasteiger partial charge in [0.1, 0.15) is 0 Å². The summed E-state index contributed by atoms with van der Waals surface area (Å²) in [7, 11) is 0. The standard InChI is InChI=1S/C23H31N3O.HI/c1-16(2)19-6-4-8-21(14-19)26-23(24)25-15-20-7-5-13-27-22(20)18-11-9-17(3)10-12-18;/h4,6,8-12,14,16,20,22H,5,7,13,15H2,1-3H3,(H3,24,25,26);1H. The fraction of sp³-hybridized carbons (Fsp3) is 0.435. The van der Waals surface area contributed by atoms with Gasteiger partial charge in [-0.05, 0) is 48.9 Å². The molecule has 1 aliphatic rings. The van der Waals surface area contributed by atoms with E-state index in [0.29, 0.717) is 24.3 Å². The van der Waals surface area contributed by atoms with Crippen LogP contribution >= 0.6 is 24.0 Å². The van der Waals surface area contributed by atoms with Gasteiger partial charge in [-0.15, -0.1) is 24.0 Å². The van der Waals surface area contributed by atoms with Crippen molar-refractivity contribution in [2.24, 2.45) is 16.6 Å². The second-order valence-corrected chi connectivity index (χ2v) is 7.74. The van der Waals surface area contributed by atoms with Crippen LogP contribution in [0.5, 0.6) is 0 Å². The molecule has 0 saturated carbocycles. The van der Waals surface area contributed by atoms with Crippen LogP contribution in [0.2, 0.25) is 0 Å². The third-order valence-corrected chi connectivity index (χ3v) is 5.17. The predicted octanol–water partition coefficient (Wildman–Crippen LogP) is 5.63. The van der Waals surface area contributed by atoms with Crippen LogP contribution in [0.25, 0.3) is 0 Å². The summed E-state index contributed by atoms with van der Waals surface area (Å²) in [6.45, 7) is 7.96. The molecule has 1 heterocycles. The SMILES string of the molecule is Cc1ccc(C2OCCCC2CN=C(N)Nc2cccc(C(C)C)c2)cc1.I. The zero-order valence-electron chi connectivity index (χ0n) is 17.0. The average molecular weight is 493 g/mol. The summed E-state index contributed by atoms with van der Waals surface area (Å²) in [5.74, 6) is 1.30. The summed E-state index contributed by atoms with van der Waals surface area (Å²) >= 11 is 0. The molecule has 0 spiro atoms. The second kappa shape index (κ2) is 10.8. The van der Waals surface area contributed by atoms with Crippen LogP contribution in [0.15, 0.2) is 53.5 Å². The molecule has 3 rings (SSSR count). The summed E-state index contributed by atoms with van der Waals surface area (Å²) in [6.07, 6.45) is 2.28. The summed E-state index contributed by atoms with van der Waals surface area (Å²) in [5.41, 5.74) is 10.9. The van der Waals surface area contributed by atoms with E-state index in [1.807, 2.05) is 12.1 Å². The molecule has 2 unspecified atom stereocenters. The molecule has 152 valence electrons. The van der Waals surface area contributed by atoms with Crippen molar-refractivity contribution in [1.82, 2.24) is 0 Å². The molecule has 5 heteroatoms. The van der Waals surface area contributed by atoms with Gasteiger partial charge < -0.3 is 15.8 Å². The molecule has 0 radical (unpaired) electrons. The van der Waals surface area contributed by atoms with Crippen LogP contribution in [-0.4, -0.2) is 19.1 Å². The highest BCUT2D eigenvalue weighted by molar-refractivity contribution is 14.0. The maximum absolute atomic E-state index is 6.15. The summed E-state index contributed by atoms with van der Waals surface area (Å²) < 4.78 is 6.08. The number of nitrogens with two attached hydrogens (primary N) is 1. The number of ether oxygens (including phenoxy) is 1. The lowest BCUT2D eigenvalue weighted by molar-refractivity contribution is -0.0250. The average Bonchev–Trinajstić information content (AvgIpc) is 2.67. The van der Waals surface area contributed by atoms with Crippen molar-refractivity contribution in [3.05, 3.63) is 65.2 Å². The van der Waals surface area contributed by atoms with Gasteiger partial charge in [0.15, 0.2) is 5.96 Å². The number of hydrogen-bond acceptors (Lipinski definition) is 2. The molecule has 1 fully saturated rings. The molecule has 0 aliphatic carbocycles. The monoisotopic (exact) mass is 493 g/mol. The number of nitrogens with zero attached hydrogens (tertiary/aromatic N) is 1. The van der Waals surface area contributed by atoms with Gasteiger partial charge in [-0.2, -0.15) is 0 Å². The number of aryl methyl sites for hydroxylation is 1. The minimum atomic E-state index is 0. The van der Waals surface area contributed by atoms with E-state index in [1.165, 1.54) is 16.7 Å². The Morgan fingerprint density at radius 2 is 1.96 bits per heavy atom. The van der Waals surface area contributed by atoms with Crippen LogP contribution in [-0.2, 0) is 4.74 Å². The van der Waals surface area contributed by atoms with Crippen molar-refractivity contribution < 1.29 is 4.74 Å². The fourth-order valence-electron chi connectivity index (χ4n) is 3.53. The van der Waals surface area contributed by atoms with E-state index >= 15 is 0 Å². The zero-order chi connectivity index (χ0) is 19.2. The number of anilines is 1. The van der Waals surface area contributed by atoms with Gasteiger partial charge in [-0.25, -0.2) is 0 Å². The number of rotatable bonds is 5. The number of nitrogens with one attached hydrogen (secondary N) is 1. The lowest BCUT2D eigenvalue weighted by Crippen LogP contribution is -2.28. The number of guanidine groups is 1. The van der Waals surface area contributed by atoms with E-state index in [4.69, 9.17) is 10.5 Å². The number of aliphatic imine (C=N–C) groups is 1. The first-order valence-electron chi connectivity index (χ1n) is 9.88. The van der Waals surface area contributed by atoms with Crippen molar-refractivity contribution in [2.45, 2.75) is 45.6 Å². The molecule has 0 aromatic heterocycles. The van der Waals surface area contributed by atoms with Gasteiger partial charge in [-0.3, -0.25) is 4.99 Å². The summed E-state index contributed by atoms with van der Waals surface area (Å²) in [4.78, 5) is 4.61. The number of halogens is 1. The van der Waals surface area contributed by atoms with E-state index in [-0.39, 0.29) is 30.1 Å². The molecule has 1 aliphatic heterocycles.